The Morgan fingerprint density at radius 1 is 1.31 bits per heavy atom. The van der Waals surface area contributed by atoms with E-state index >= 15 is 0 Å². The number of carbonyl (C=O) groups excluding carboxylic acids is 1. The van der Waals surface area contributed by atoms with Crippen LogP contribution >= 0.6 is 0 Å². The van der Waals surface area contributed by atoms with Gasteiger partial charge in [0.25, 0.3) is 0 Å². The van der Waals surface area contributed by atoms with Gasteiger partial charge in [0.15, 0.2) is 0 Å². The van der Waals surface area contributed by atoms with E-state index in [1.165, 1.54) is 24.8 Å². The first-order chi connectivity index (χ1) is 12.6. The van der Waals surface area contributed by atoms with E-state index in [1.54, 1.807) is 0 Å². The number of carbonyl (C=O) groups is 1. The number of unbranched alkanes of at least 4 members (excludes halogenated alkanes) is 2. The second kappa shape index (κ2) is 10.2. The van der Waals surface area contributed by atoms with Crippen molar-refractivity contribution >= 4 is 5.97 Å². The van der Waals surface area contributed by atoms with Crippen molar-refractivity contribution in [2.75, 3.05) is 0 Å². The van der Waals surface area contributed by atoms with Crippen LogP contribution in [-0.2, 0) is 11.2 Å². The van der Waals surface area contributed by atoms with Crippen molar-refractivity contribution in [1.82, 2.24) is 0 Å². The minimum absolute atomic E-state index is 0.0723. The van der Waals surface area contributed by atoms with E-state index < -0.39 is 0 Å². The van der Waals surface area contributed by atoms with Crippen LogP contribution in [0.2, 0.25) is 0 Å². The zero-order valence-electron chi connectivity index (χ0n) is 16.0. The number of aryl methyl sites for hydroxylation is 1. The van der Waals surface area contributed by atoms with E-state index in [9.17, 15) is 10.1 Å². The van der Waals surface area contributed by atoms with Crippen LogP contribution in [0.3, 0.4) is 0 Å². The van der Waals surface area contributed by atoms with Crippen molar-refractivity contribution in [2.45, 2.75) is 77.2 Å². The molecule has 0 N–H and O–H groups in total. The number of nitriles is 1. The van der Waals surface area contributed by atoms with Crippen LogP contribution in [-0.4, -0.2) is 12.1 Å². The average molecular weight is 354 g/mol. The smallest absolute Gasteiger partial charge is 0.338 e. The second-order valence-electron chi connectivity index (χ2n) is 7.48. The molecule has 0 aromatic heterocycles. The predicted octanol–water partition coefficient (Wildman–Crippen LogP) is 5.99. The van der Waals surface area contributed by atoms with E-state index in [-0.39, 0.29) is 17.5 Å². The number of hydrogen-bond donors (Lipinski definition) is 0. The number of esters is 1. The fourth-order valence-corrected chi connectivity index (χ4v) is 3.66. The van der Waals surface area contributed by atoms with Gasteiger partial charge in [0, 0.05) is 0 Å². The molecule has 0 unspecified atom stereocenters. The lowest BCUT2D eigenvalue weighted by Gasteiger charge is -2.34. The van der Waals surface area contributed by atoms with Gasteiger partial charge in [-0.25, -0.2) is 4.79 Å². The molecule has 0 radical (unpaired) electrons. The highest BCUT2D eigenvalue weighted by atomic mass is 16.5. The number of allylic oxidation sites excluding steroid dienone is 1. The monoisotopic (exact) mass is 353 g/mol. The highest BCUT2D eigenvalue weighted by Crippen LogP contribution is 2.40. The summed E-state index contributed by atoms with van der Waals surface area (Å²) in [5, 5.41) is 9.53. The van der Waals surface area contributed by atoms with Crippen molar-refractivity contribution in [3.05, 3.63) is 48.0 Å². The van der Waals surface area contributed by atoms with Crippen LogP contribution < -0.4 is 0 Å². The predicted molar refractivity (Wildman–Crippen MR) is 105 cm³/mol. The van der Waals surface area contributed by atoms with Gasteiger partial charge in [0.1, 0.15) is 6.10 Å². The molecule has 0 aliphatic heterocycles. The minimum Gasteiger partial charge on any atom is -0.459 e. The molecule has 2 rings (SSSR count). The lowest BCUT2D eigenvalue weighted by molar-refractivity contribution is 0.0108. The average Bonchev–Trinajstić information content (AvgIpc) is 2.68. The van der Waals surface area contributed by atoms with Crippen LogP contribution in [0.25, 0.3) is 0 Å². The molecular weight excluding hydrogens is 322 g/mol. The molecular formula is C23H31NO2. The summed E-state index contributed by atoms with van der Waals surface area (Å²) >= 11 is 0. The summed E-state index contributed by atoms with van der Waals surface area (Å²) in [6.07, 6.45) is 11.4. The summed E-state index contributed by atoms with van der Waals surface area (Å²) < 4.78 is 5.69. The molecule has 0 spiro atoms. The third kappa shape index (κ3) is 5.73. The summed E-state index contributed by atoms with van der Waals surface area (Å²) in [4.78, 5) is 12.4. The summed E-state index contributed by atoms with van der Waals surface area (Å²) in [5.74, 6) is -0.245. The zero-order valence-corrected chi connectivity index (χ0v) is 16.0. The van der Waals surface area contributed by atoms with Crippen molar-refractivity contribution in [1.29, 1.82) is 5.26 Å². The third-order valence-corrected chi connectivity index (χ3v) is 5.49. The number of benzene rings is 1. The largest absolute Gasteiger partial charge is 0.459 e. The van der Waals surface area contributed by atoms with Gasteiger partial charge in [0.05, 0.1) is 17.0 Å². The minimum atomic E-state index is -0.267. The molecule has 26 heavy (non-hydrogen) atoms. The van der Waals surface area contributed by atoms with Crippen molar-refractivity contribution in [3.8, 4) is 6.07 Å². The number of ether oxygens (including phenoxy) is 1. The molecule has 3 heteroatoms. The molecule has 140 valence electrons. The molecule has 0 atom stereocenters. The van der Waals surface area contributed by atoms with Gasteiger partial charge >= 0.3 is 5.97 Å². The molecule has 1 fully saturated rings. The van der Waals surface area contributed by atoms with Gasteiger partial charge in [0.2, 0.25) is 0 Å². The van der Waals surface area contributed by atoms with Crippen LogP contribution in [0.1, 0.15) is 80.6 Å². The van der Waals surface area contributed by atoms with E-state index in [1.807, 2.05) is 30.3 Å². The van der Waals surface area contributed by atoms with E-state index in [4.69, 9.17) is 4.74 Å². The molecule has 1 aliphatic rings. The summed E-state index contributed by atoms with van der Waals surface area (Å²) in [6, 6.07) is 10.3. The fraction of sp³-hybridized carbons (Fsp3) is 0.565. The lowest BCUT2D eigenvalue weighted by atomic mass is 9.71. The van der Waals surface area contributed by atoms with Gasteiger partial charge in [-0.3, -0.25) is 0 Å². The number of rotatable bonds is 9. The quantitative estimate of drug-likeness (QED) is 0.311. The van der Waals surface area contributed by atoms with Gasteiger partial charge < -0.3 is 4.74 Å². The Labute approximate surface area is 158 Å². The van der Waals surface area contributed by atoms with E-state index in [0.717, 1.165) is 44.9 Å². The summed E-state index contributed by atoms with van der Waals surface area (Å²) in [6.45, 7) is 5.95. The van der Waals surface area contributed by atoms with Crippen molar-refractivity contribution in [3.63, 3.8) is 0 Å². The van der Waals surface area contributed by atoms with Crippen LogP contribution in [0.4, 0.5) is 0 Å². The van der Waals surface area contributed by atoms with Gasteiger partial charge in [-0.2, -0.15) is 5.26 Å². The molecule has 0 heterocycles. The lowest BCUT2D eigenvalue weighted by Crippen LogP contribution is -2.31. The Morgan fingerprint density at radius 2 is 2.00 bits per heavy atom. The Balaban J connectivity index is 1.83. The normalized spacial score (nSPS) is 22.4. The van der Waals surface area contributed by atoms with Crippen LogP contribution in [0, 0.1) is 16.7 Å². The first kappa shape index (κ1) is 20.2. The molecule has 1 aliphatic carbocycles. The molecule has 1 saturated carbocycles. The fourth-order valence-electron chi connectivity index (χ4n) is 3.66. The van der Waals surface area contributed by atoms with E-state index in [2.05, 4.69) is 19.6 Å². The molecule has 3 nitrogen and oxygen atoms in total. The SMILES string of the molecule is C=CCC[C@]1(C#N)CC[C@H](OC(=O)c2ccc(CCCCC)cc2)CC1. The maximum Gasteiger partial charge on any atom is 0.338 e. The summed E-state index contributed by atoms with van der Waals surface area (Å²) in [7, 11) is 0. The summed E-state index contributed by atoms with van der Waals surface area (Å²) in [5.41, 5.74) is 1.62. The van der Waals surface area contributed by atoms with Crippen molar-refractivity contribution < 1.29 is 9.53 Å². The molecule has 0 bridgehead atoms. The molecule has 1 aromatic carbocycles. The first-order valence-electron chi connectivity index (χ1n) is 9.94. The van der Waals surface area contributed by atoms with Gasteiger partial charge in [-0.05, 0) is 69.1 Å². The standard InChI is InChI=1S/C23H31NO2/c1-3-5-7-8-19-9-11-20(12-10-19)22(25)26-21-13-16-23(18-24,17-14-21)15-6-4-2/h4,9-12,21H,2-3,5-8,13-17H2,1H3/t21-,23-. The van der Waals surface area contributed by atoms with Crippen LogP contribution in [0.15, 0.2) is 36.9 Å². The number of nitrogens with zero attached hydrogens (tertiary/aromatic N) is 1. The Morgan fingerprint density at radius 3 is 2.58 bits per heavy atom. The Bertz CT molecular complexity index is 619. The highest BCUT2D eigenvalue weighted by molar-refractivity contribution is 5.89. The van der Waals surface area contributed by atoms with E-state index in [0.29, 0.717) is 5.56 Å². The van der Waals surface area contributed by atoms with Crippen LogP contribution in [0.5, 0.6) is 0 Å². The first-order valence-corrected chi connectivity index (χ1v) is 9.94. The molecule has 1 aromatic rings. The molecule has 0 saturated heterocycles. The Hall–Kier alpha value is -2.08. The zero-order chi connectivity index (χ0) is 18.8. The van der Waals surface area contributed by atoms with Gasteiger partial charge in [-0.1, -0.05) is 38.0 Å². The third-order valence-electron chi connectivity index (χ3n) is 5.49. The number of hydrogen-bond acceptors (Lipinski definition) is 3. The maximum absolute atomic E-state index is 12.4. The highest BCUT2D eigenvalue weighted by Gasteiger charge is 2.36. The second-order valence-corrected chi connectivity index (χ2v) is 7.48. The maximum atomic E-state index is 12.4. The van der Waals surface area contributed by atoms with Gasteiger partial charge in [-0.15, -0.1) is 6.58 Å². The topological polar surface area (TPSA) is 50.1 Å². The van der Waals surface area contributed by atoms with Crippen molar-refractivity contribution in [2.24, 2.45) is 5.41 Å². The Kier molecular flexibility index (Phi) is 7.91. The molecule has 0 amide bonds.